The Kier molecular flexibility index (Phi) is 10.3. The topological polar surface area (TPSA) is 49.4 Å². The zero-order chi connectivity index (χ0) is 22.1. The highest BCUT2D eigenvalue weighted by molar-refractivity contribution is 8.00. The van der Waals surface area contributed by atoms with Crippen molar-refractivity contribution in [3.05, 3.63) is 63.1 Å². The van der Waals surface area contributed by atoms with Crippen LogP contribution in [0.5, 0.6) is 0 Å². The number of amides is 2. The summed E-state index contributed by atoms with van der Waals surface area (Å²) in [5.41, 5.74) is 0.632. The van der Waals surface area contributed by atoms with Crippen LogP contribution in [0.4, 0.5) is 0 Å². The number of carbonyl (C=O) groups excluding carboxylic acids is 2. The van der Waals surface area contributed by atoms with Crippen molar-refractivity contribution in [2.75, 3.05) is 12.3 Å². The molecule has 2 aromatic rings. The largest absolute Gasteiger partial charge is 0.354 e. The summed E-state index contributed by atoms with van der Waals surface area (Å²) in [6.45, 7) is 4.59. The van der Waals surface area contributed by atoms with Crippen molar-refractivity contribution in [3.8, 4) is 0 Å². The molecular weight excluding hydrogens is 463 g/mol. The van der Waals surface area contributed by atoms with Gasteiger partial charge in [-0.3, -0.25) is 9.59 Å². The Morgan fingerprint density at radius 1 is 1.03 bits per heavy atom. The van der Waals surface area contributed by atoms with Crippen LogP contribution >= 0.6 is 46.6 Å². The normalized spacial score (nSPS) is 11.8. The molecular formula is C22H25Cl3N2O2S. The van der Waals surface area contributed by atoms with Gasteiger partial charge < -0.3 is 10.2 Å². The lowest BCUT2D eigenvalue weighted by molar-refractivity contribution is -0.139. The Labute approximate surface area is 197 Å². The Balaban J connectivity index is 2.25. The number of hydrogen-bond acceptors (Lipinski definition) is 3. The first-order valence-corrected chi connectivity index (χ1v) is 11.9. The van der Waals surface area contributed by atoms with Gasteiger partial charge in [0, 0.05) is 38.6 Å². The molecule has 4 nitrogen and oxygen atoms in total. The van der Waals surface area contributed by atoms with E-state index >= 15 is 0 Å². The molecule has 0 saturated heterocycles. The van der Waals surface area contributed by atoms with Gasteiger partial charge in [-0.25, -0.2) is 0 Å². The average Bonchev–Trinajstić information content (AvgIpc) is 2.73. The van der Waals surface area contributed by atoms with Gasteiger partial charge in [-0.2, -0.15) is 0 Å². The van der Waals surface area contributed by atoms with Crippen LogP contribution in [-0.2, 0) is 16.1 Å². The molecule has 1 N–H and O–H groups in total. The van der Waals surface area contributed by atoms with E-state index in [0.29, 0.717) is 33.6 Å². The van der Waals surface area contributed by atoms with Crippen LogP contribution in [-0.4, -0.2) is 35.1 Å². The predicted octanol–water partition coefficient (Wildman–Crippen LogP) is 6.07. The summed E-state index contributed by atoms with van der Waals surface area (Å²) in [7, 11) is 0. The summed E-state index contributed by atoms with van der Waals surface area (Å²) >= 11 is 20.0. The summed E-state index contributed by atoms with van der Waals surface area (Å²) < 4.78 is 0. The molecule has 2 rings (SSSR count). The van der Waals surface area contributed by atoms with Gasteiger partial charge in [0.15, 0.2) is 0 Å². The lowest BCUT2D eigenvalue weighted by Gasteiger charge is -2.31. The highest BCUT2D eigenvalue weighted by Gasteiger charge is 2.29. The number of hydrogen-bond donors (Lipinski definition) is 1. The van der Waals surface area contributed by atoms with Gasteiger partial charge in [-0.05, 0) is 49.2 Å². The van der Waals surface area contributed by atoms with E-state index in [-0.39, 0.29) is 24.1 Å². The number of benzene rings is 2. The van der Waals surface area contributed by atoms with Crippen LogP contribution < -0.4 is 5.32 Å². The summed E-state index contributed by atoms with van der Waals surface area (Å²) in [6, 6.07) is 11.9. The van der Waals surface area contributed by atoms with Crippen molar-refractivity contribution in [1.82, 2.24) is 10.2 Å². The second kappa shape index (κ2) is 12.5. The molecule has 0 unspecified atom stereocenters. The molecule has 30 heavy (non-hydrogen) atoms. The lowest BCUT2D eigenvalue weighted by atomic mass is 10.1. The standard InChI is InChI=1S/C22H25Cl3N2O2S/c1-3-12-26-22(29)20(4-2)27(13-17-18(24)6-5-7-19(17)25)21(28)14-30-16-10-8-15(23)9-11-16/h5-11,20H,3-4,12-14H2,1-2H3,(H,26,29)/t20-/m1/s1. The second-order valence-electron chi connectivity index (χ2n) is 6.68. The maximum absolute atomic E-state index is 13.2. The van der Waals surface area contributed by atoms with Crippen molar-refractivity contribution in [2.45, 2.75) is 44.2 Å². The van der Waals surface area contributed by atoms with Gasteiger partial charge in [0.25, 0.3) is 0 Å². The van der Waals surface area contributed by atoms with Crippen molar-refractivity contribution < 1.29 is 9.59 Å². The van der Waals surface area contributed by atoms with E-state index in [1.54, 1.807) is 35.2 Å². The Bertz CT molecular complexity index is 842. The maximum atomic E-state index is 13.2. The molecule has 2 amide bonds. The van der Waals surface area contributed by atoms with Gasteiger partial charge in [0.1, 0.15) is 6.04 Å². The second-order valence-corrected chi connectivity index (χ2v) is 8.98. The fourth-order valence-corrected chi connectivity index (χ4v) is 4.33. The Morgan fingerprint density at radius 2 is 1.67 bits per heavy atom. The average molecular weight is 488 g/mol. The maximum Gasteiger partial charge on any atom is 0.242 e. The third-order valence-electron chi connectivity index (χ3n) is 4.50. The van der Waals surface area contributed by atoms with Gasteiger partial charge in [0.05, 0.1) is 5.75 Å². The highest BCUT2D eigenvalue weighted by atomic mass is 35.5. The molecule has 0 heterocycles. The lowest BCUT2D eigenvalue weighted by Crippen LogP contribution is -2.49. The third kappa shape index (κ3) is 7.09. The molecule has 0 aliphatic carbocycles. The molecule has 0 bridgehead atoms. The van der Waals surface area contributed by atoms with E-state index in [4.69, 9.17) is 34.8 Å². The van der Waals surface area contributed by atoms with Crippen LogP contribution in [0.3, 0.4) is 0 Å². The first-order valence-electron chi connectivity index (χ1n) is 9.75. The SMILES string of the molecule is CCCNC(=O)[C@@H](CC)N(Cc1c(Cl)cccc1Cl)C(=O)CSc1ccc(Cl)cc1. The van der Waals surface area contributed by atoms with Crippen molar-refractivity contribution in [3.63, 3.8) is 0 Å². The van der Waals surface area contributed by atoms with Gasteiger partial charge in [-0.1, -0.05) is 54.7 Å². The number of thioether (sulfide) groups is 1. The van der Waals surface area contributed by atoms with E-state index in [1.165, 1.54) is 11.8 Å². The summed E-state index contributed by atoms with van der Waals surface area (Å²) in [5, 5.41) is 4.47. The molecule has 1 atom stereocenters. The zero-order valence-corrected chi connectivity index (χ0v) is 20.0. The van der Waals surface area contributed by atoms with E-state index in [9.17, 15) is 9.59 Å². The van der Waals surface area contributed by atoms with Crippen LogP contribution in [0.15, 0.2) is 47.4 Å². The molecule has 0 aliphatic rings. The number of nitrogens with one attached hydrogen (secondary N) is 1. The smallest absolute Gasteiger partial charge is 0.242 e. The Hall–Kier alpha value is -1.40. The monoisotopic (exact) mass is 486 g/mol. The Morgan fingerprint density at radius 3 is 2.23 bits per heavy atom. The molecule has 0 radical (unpaired) electrons. The molecule has 0 aliphatic heterocycles. The number of rotatable bonds is 10. The minimum absolute atomic E-state index is 0.163. The van der Waals surface area contributed by atoms with E-state index in [1.807, 2.05) is 26.0 Å². The van der Waals surface area contributed by atoms with Crippen molar-refractivity contribution >= 4 is 58.4 Å². The molecule has 8 heteroatoms. The summed E-state index contributed by atoms with van der Waals surface area (Å²) in [6.07, 6.45) is 1.30. The molecule has 0 saturated carbocycles. The van der Waals surface area contributed by atoms with Crippen LogP contribution in [0.25, 0.3) is 0 Å². The van der Waals surface area contributed by atoms with Crippen LogP contribution in [0.1, 0.15) is 32.3 Å². The summed E-state index contributed by atoms with van der Waals surface area (Å²) in [5.74, 6) is -0.154. The minimum Gasteiger partial charge on any atom is -0.354 e. The molecule has 0 spiro atoms. The van der Waals surface area contributed by atoms with Crippen LogP contribution in [0, 0.1) is 0 Å². The van der Waals surface area contributed by atoms with Crippen LogP contribution in [0.2, 0.25) is 15.1 Å². The fourth-order valence-electron chi connectivity index (χ4n) is 2.90. The zero-order valence-electron chi connectivity index (χ0n) is 17.0. The predicted molar refractivity (Wildman–Crippen MR) is 127 cm³/mol. The van der Waals surface area contributed by atoms with Crippen molar-refractivity contribution in [1.29, 1.82) is 0 Å². The first kappa shape index (κ1) is 24.9. The molecule has 0 aromatic heterocycles. The first-order chi connectivity index (χ1) is 14.4. The number of halogens is 3. The van der Waals surface area contributed by atoms with E-state index in [2.05, 4.69) is 5.32 Å². The highest BCUT2D eigenvalue weighted by Crippen LogP contribution is 2.28. The van der Waals surface area contributed by atoms with Crippen molar-refractivity contribution in [2.24, 2.45) is 0 Å². The van der Waals surface area contributed by atoms with E-state index in [0.717, 1.165) is 11.3 Å². The number of carbonyl (C=O) groups is 2. The third-order valence-corrected chi connectivity index (χ3v) is 6.46. The summed E-state index contributed by atoms with van der Waals surface area (Å²) in [4.78, 5) is 28.5. The fraction of sp³-hybridized carbons (Fsp3) is 0.364. The van der Waals surface area contributed by atoms with E-state index < -0.39 is 6.04 Å². The van der Waals surface area contributed by atoms with Gasteiger partial charge in [0.2, 0.25) is 11.8 Å². The quantitative estimate of drug-likeness (QED) is 0.414. The van der Waals surface area contributed by atoms with Gasteiger partial charge >= 0.3 is 0 Å². The minimum atomic E-state index is -0.609. The number of nitrogens with zero attached hydrogens (tertiary/aromatic N) is 1. The molecule has 0 fully saturated rings. The van der Waals surface area contributed by atoms with Gasteiger partial charge in [-0.15, -0.1) is 11.8 Å². The molecule has 162 valence electrons. The molecule has 2 aromatic carbocycles.